The quantitative estimate of drug-likeness (QED) is 0.769. The number of carbonyl (C=O) groups is 2. The van der Waals surface area contributed by atoms with Crippen LogP contribution in [0.1, 0.15) is 28.5 Å². The van der Waals surface area contributed by atoms with Crippen LogP contribution in [0.3, 0.4) is 0 Å². The van der Waals surface area contributed by atoms with E-state index in [1.54, 1.807) is 41.9 Å². The van der Waals surface area contributed by atoms with Crippen molar-refractivity contribution in [2.75, 3.05) is 13.7 Å². The Bertz CT molecular complexity index is 674. The Balaban J connectivity index is 1.85. The summed E-state index contributed by atoms with van der Waals surface area (Å²) in [6.45, 7) is 2.34. The maximum absolute atomic E-state index is 12.1. The van der Waals surface area contributed by atoms with Crippen molar-refractivity contribution in [1.82, 2.24) is 9.47 Å². The third-order valence-electron chi connectivity index (χ3n) is 3.76. The molecule has 1 aromatic carbocycles. The summed E-state index contributed by atoms with van der Waals surface area (Å²) >= 11 is 0. The summed E-state index contributed by atoms with van der Waals surface area (Å²) in [5.41, 5.74) is 2.74. The molecule has 0 fully saturated rings. The lowest BCUT2D eigenvalue weighted by molar-refractivity contribution is -0.133. The summed E-state index contributed by atoms with van der Waals surface area (Å²) in [6, 6.07) is 11.6. The first-order chi connectivity index (χ1) is 11.0. The second-order valence-corrected chi connectivity index (χ2v) is 5.50. The van der Waals surface area contributed by atoms with E-state index in [0.717, 1.165) is 12.0 Å². The Morgan fingerprint density at radius 3 is 2.35 bits per heavy atom. The van der Waals surface area contributed by atoms with Gasteiger partial charge in [0, 0.05) is 26.8 Å². The zero-order valence-electron chi connectivity index (χ0n) is 13.8. The normalized spacial score (nSPS) is 10.4. The van der Waals surface area contributed by atoms with Crippen LogP contribution in [0, 0.1) is 0 Å². The topological polar surface area (TPSA) is 51.5 Å². The minimum Gasteiger partial charge on any atom is -0.451 e. The van der Waals surface area contributed by atoms with Gasteiger partial charge in [0.05, 0.1) is 0 Å². The zero-order valence-corrected chi connectivity index (χ0v) is 13.8. The van der Waals surface area contributed by atoms with Crippen molar-refractivity contribution in [3.8, 4) is 0 Å². The van der Waals surface area contributed by atoms with Gasteiger partial charge < -0.3 is 14.2 Å². The lowest BCUT2D eigenvalue weighted by Gasteiger charge is -2.17. The number of nitrogens with zero attached hydrogens (tertiary/aromatic N) is 2. The molecule has 0 saturated carbocycles. The Labute approximate surface area is 136 Å². The van der Waals surface area contributed by atoms with Gasteiger partial charge in [-0.25, -0.2) is 4.79 Å². The van der Waals surface area contributed by atoms with E-state index in [1.165, 1.54) is 5.56 Å². The number of hydrogen-bond acceptors (Lipinski definition) is 3. The van der Waals surface area contributed by atoms with Crippen molar-refractivity contribution in [1.29, 1.82) is 0 Å². The van der Waals surface area contributed by atoms with Gasteiger partial charge in [0.25, 0.3) is 5.91 Å². The Morgan fingerprint density at radius 1 is 1.13 bits per heavy atom. The average molecular weight is 314 g/mol. The van der Waals surface area contributed by atoms with Crippen LogP contribution in [0.4, 0.5) is 0 Å². The molecule has 0 spiro atoms. The summed E-state index contributed by atoms with van der Waals surface area (Å²) in [6.07, 6.45) is 2.74. The van der Waals surface area contributed by atoms with Gasteiger partial charge in [-0.1, -0.05) is 31.2 Å². The number of esters is 1. The average Bonchev–Trinajstić information content (AvgIpc) is 2.99. The van der Waals surface area contributed by atoms with Crippen LogP contribution in [-0.4, -0.2) is 35.0 Å². The van der Waals surface area contributed by atoms with E-state index in [0.29, 0.717) is 12.2 Å². The van der Waals surface area contributed by atoms with E-state index >= 15 is 0 Å². The van der Waals surface area contributed by atoms with E-state index in [1.807, 2.05) is 12.1 Å². The molecule has 0 N–H and O–H groups in total. The van der Waals surface area contributed by atoms with E-state index in [9.17, 15) is 9.59 Å². The molecule has 1 amide bonds. The van der Waals surface area contributed by atoms with E-state index in [4.69, 9.17) is 4.74 Å². The number of carbonyl (C=O) groups excluding carboxylic acids is 2. The molecule has 0 radical (unpaired) electrons. The third-order valence-corrected chi connectivity index (χ3v) is 3.76. The number of likely N-dealkylation sites (N-methyl/N-ethyl adjacent to an activating group) is 1. The maximum Gasteiger partial charge on any atom is 0.355 e. The van der Waals surface area contributed by atoms with Crippen LogP contribution in [0.25, 0.3) is 0 Å². The smallest absolute Gasteiger partial charge is 0.355 e. The number of aryl methyl sites for hydroxylation is 2. The standard InChI is InChI=1S/C18H22N2O3/c1-4-14-7-9-15(10-8-14)12-20(3)17(21)13-23-18(22)16-6-5-11-19(16)2/h5-11H,4,12-13H2,1-3H3. The number of hydrogen-bond donors (Lipinski definition) is 0. The summed E-state index contributed by atoms with van der Waals surface area (Å²) < 4.78 is 6.73. The molecule has 0 aliphatic heterocycles. The molecule has 0 aliphatic carbocycles. The second-order valence-electron chi connectivity index (χ2n) is 5.50. The molecule has 5 nitrogen and oxygen atoms in total. The molecule has 0 saturated heterocycles. The molecule has 5 heteroatoms. The van der Waals surface area contributed by atoms with Gasteiger partial charge in [-0.3, -0.25) is 4.79 Å². The highest BCUT2D eigenvalue weighted by molar-refractivity contribution is 5.89. The molecule has 1 heterocycles. The molecule has 0 unspecified atom stereocenters. The Morgan fingerprint density at radius 2 is 1.78 bits per heavy atom. The molecule has 23 heavy (non-hydrogen) atoms. The van der Waals surface area contributed by atoms with E-state index in [2.05, 4.69) is 19.1 Å². The van der Waals surface area contributed by atoms with Crippen molar-refractivity contribution in [3.63, 3.8) is 0 Å². The van der Waals surface area contributed by atoms with E-state index < -0.39 is 5.97 Å². The van der Waals surface area contributed by atoms with Crippen LogP contribution in [0.15, 0.2) is 42.6 Å². The van der Waals surface area contributed by atoms with Crippen LogP contribution >= 0.6 is 0 Å². The first-order valence-corrected chi connectivity index (χ1v) is 7.61. The van der Waals surface area contributed by atoms with Crippen LogP contribution in [-0.2, 0) is 29.5 Å². The molecule has 0 bridgehead atoms. The van der Waals surface area contributed by atoms with Crippen molar-refractivity contribution < 1.29 is 14.3 Å². The van der Waals surface area contributed by atoms with E-state index in [-0.39, 0.29) is 12.5 Å². The van der Waals surface area contributed by atoms with Crippen LogP contribution in [0.5, 0.6) is 0 Å². The van der Waals surface area contributed by atoms with Gasteiger partial charge in [0.15, 0.2) is 6.61 Å². The summed E-state index contributed by atoms with van der Waals surface area (Å²) in [5, 5.41) is 0. The number of ether oxygens (including phenoxy) is 1. The SMILES string of the molecule is CCc1ccc(CN(C)C(=O)COC(=O)c2cccn2C)cc1. The number of benzene rings is 1. The summed E-state index contributed by atoms with van der Waals surface area (Å²) in [4.78, 5) is 25.5. The molecule has 2 aromatic rings. The van der Waals surface area contributed by atoms with Gasteiger partial charge in [0.1, 0.15) is 5.69 Å². The van der Waals surface area contributed by atoms with Gasteiger partial charge in [0.2, 0.25) is 0 Å². The van der Waals surface area contributed by atoms with Gasteiger partial charge in [-0.2, -0.15) is 0 Å². The minimum absolute atomic E-state index is 0.230. The lowest BCUT2D eigenvalue weighted by atomic mass is 10.1. The Kier molecular flexibility index (Phi) is 5.57. The molecular weight excluding hydrogens is 292 g/mol. The highest BCUT2D eigenvalue weighted by Crippen LogP contribution is 2.08. The van der Waals surface area contributed by atoms with Crippen molar-refractivity contribution in [3.05, 3.63) is 59.4 Å². The summed E-state index contributed by atoms with van der Waals surface area (Å²) in [5.74, 6) is -0.723. The molecule has 0 atom stereocenters. The molecule has 0 aliphatic rings. The second kappa shape index (κ2) is 7.63. The monoisotopic (exact) mass is 314 g/mol. The fraction of sp³-hybridized carbons (Fsp3) is 0.333. The molecular formula is C18H22N2O3. The minimum atomic E-state index is -0.494. The van der Waals surface area contributed by atoms with Crippen LogP contribution < -0.4 is 0 Å². The lowest BCUT2D eigenvalue weighted by Crippen LogP contribution is -2.31. The first kappa shape index (κ1) is 16.8. The Hall–Kier alpha value is -2.56. The van der Waals surface area contributed by atoms with Crippen molar-refractivity contribution >= 4 is 11.9 Å². The molecule has 1 aromatic heterocycles. The predicted octanol–water partition coefficient (Wildman–Crippen LogP) is 2.40. The van der Waals surface area contributed by atoms with Crippen molar-refractivity contribution in [2.45, 2.75) is 19.9 Å². The van der Waals surface area contributed by atoms with Gasteiger partial charge in [-0.05, 0) is 29.7 Å². The number of rotatable bonds is 6. The predicted molar refractivity (Wildman–Crippen MR) is 88.0 cm³/mol. The molecule has 122 valence electrons. The van der Waals surface area contributed by atoms with Crippen molar-refractivity contribution in [2.24, 2.45) is 7.05 Å². The number of aromatic nitrogens is 1. The maximum atomic E-state index is 12.1. The zero-order chi connectivity index (χ0) is 16.8. The fourth-order valence-corrected chi connectivity index (χ4v) is 2.23. The third kappa shape index (κ3) is 4.45. The van der Waals surface area contributed by atoms with Gasteiger partial charge in [-0.15, -0.1) is 0 Å². The number of amides is 1. The highest BCUT2D eigenvalue weighted by atomic mass is 16.5. The molecule has 2 rings (SSSR count). The first-order valence-electron chi connectivity index (χ1n) is 7.61. The van der Waals surface area contributed by atoms with Gasteiger partial charge >= 0.3 is 5.97 Å². The largest absolute Gasteiger partial charge is 0.451 e. The summed E-state index contributed by atoms with van der Waals surface area (Å²) in [7, 11) is 3.46. The van der Waals surface area contributed by atoms with Crippen LogP contribution in [0.2, 0.25) is 0 Å². The fourth-order valence-electron chi connectivity index (χ4n) is 2.23. The highest BCUT2D eigenvalue weighted by Gasteiger charge is 2.15.